The number of alkyl halides is 3. The first-order valence-electron chi connectivity index (χ1n) is 14.3. The van der Waals surface area contributed by atoms with Crippen LogP contribution in [0, 0.1) is 17.7 Å². The minimum Gasteiger partial charge on any atom is -0.466 e. The number of hydrogen-bond acceptors (Lipinski definition) is 3. The van der Waals surface area contributed by atoms with Gasteiger partial charge < -0.3 is 4.74 Å². The average Bonchev–Trinajstić information content (AvgIpc) is 2.91. The monoisotopic (exact) mass is 571 g/mol. The molecule has 0 spiro atoms. The van der Waals surface area contributed by atoms with Crippen LogP contribution >= 0.6 is 0 Å². The Morgan fingerprint density at radius 2 is 1.46 bits per heavy atom. The number of esters is 1. The first-order valence-corrected chi connectivity index (χ1v) is 14.3. The van der Waals surface area contributed by atoms with Gasteiger partial charge in [-0.1, -0.05) is 64.1 Å². The number of rotatable bonds is 13. The van der Waals surface area contributed by atoms with E-state index in [9.17, 15) is 22.4 Å². The van der Waals surface area contributed by atoms with Gasteiger partial charge in [0, 0.05) is 13.1 Å². The van der Waals surface area contributed by atoms with Crippen molar-refractivity contribution in [3.8, 4) is 11.1 Å². The van der Waals surface area contributed by atoms with Crippen LogP contribution in [-0.2, 0) is 28.8 Å². The van der Waals surface area contributed by atoms with E-state index in [0.717, 1.165) is 47.4 Å². The van der Waals surface area contributed by atoms with Gasteiger partial charge in [-0.25, -0.2) is 4.39 Å². The number of halogens is 4. The molecule has 3 aromatic rings. The molecule has 0 heterocycles. The molecule has 0 bridgehead atoms. The van der Waals surface area contributed by atoms with Gasteiger partial charge in [-0.3, -0.25) is 9.69 Å². The number of carbonyl (C=O) groups excluding carboxylic acids is 1. The Morgan fingerprint density at radius 1 is 0.829 bits per heavy atom. The van der Waals surface area contributed by atoms with Crippen molar-refractivity contribution in [1.29, 1.82) is 0 Å². The smallest absolute Gasteiger partial charge is 0.416 e. The minimum atomic E-state index is -4.42. The van der Waals surface area contributed by atoms with Crippen LogP contribution in [0.15, 0.2) is 66.7 Å². The lowest BCUT2D eigenvalue weighted by Crippen LogP contribution is -2.25. The molecule has 0 aliphatic rings. The highest BCUT2D eigenvalue weighted by molar-refractivity contribution is 5.79. The maximum absolute atomic E-state index is 13.5. The van der Waals surface area contributed by atoms with Gasteiger partial charge in [0.2, 0.25) is 0 Å². The summed E-state index contributed by atoms with van der Waals surface area (Å²) < 4.78 is 58.7. The van der Waals surface area contributed by atoms with Crippen molar-refractivity contribution in [1.82, 2.24) is 4.90 Å². The first kappa shape index (κ1) is 32.3. The molecule has 3 nitrogen and oxygen atoms in total. The van der Waals surface area contributed by atoms with E-state index in [-0.39, 0.29) is 24.3 Å². The van der Waals surface area contributed by atoms with E-state index in [4.69, 9.17) is 4.74 Å². The quantitative estimate of drug-likeness (QED) is 0.151. The summed E-state index contributed by atoms with van der Waals surface area (Å²) >= 11 is 0. The molecule has 222 valence electrons. The number of hydrogen-bond donors (Lipinski definition) is 0. The molecule has 0 aromatic heterocycles. The van der Waals surface area contributed by atoms with Crippen LogP contribution in [-0.4, -0.2) is 24.0 Å². The lowest BCUT2D eigenvalue weighted by atomic mass is 9.87. The average molecular weight is 572 g/mol. The molecule has 41 heavy (non-hydrogen) atoms. The number of nitrogens with zero attached hydrogens (tertiary/aromatic N) is 1. The second-order valence-corrected chi connectivity index (χ2v) is 11.5. The van der Waals surface area contributed by atoms with E-state index < -0.39 is 17.7 Å². The molecular formula is C34H41F4NO2. The molecule has 0 aliphatic heterocycles. The maximum Gasteiger partial charge on any atom is 0.416 e. The normalized spacial score (nSPS) is 12.8. The zero-order chi connectivity index (χ0) is 30.2. The summed E-state index contributed by atoms with van der Waals surface area (Å²) in [6.07, 6.45) is -2.87. The van der Waals surface area contributed by atoms with E-state index >= 15 is 0 Å². The Kier molecular flexibility index (Phi) is 11.5. The van der Waals surface area contributed by atoms with Crippen molar-refractivity contribution in [3.63, 3.8) is 0 Å². The number of ether oxygens (including phenoxy) is 1. The molecule has 0 radical (unpaired) electrons. The van der Waals surface area contributed by atoms with Crippen LogP contribution in [0.2, 0.25) is 0 Å². The molecule has 0 fully saturated rings. The molecule has 0 N–H and O–H groups in total. The second kappa shape index (κ2) is 14.6. The molecule has 7 heteroatoms. The van der Waals surface area contributed by atoms with Crippen molar-refractivity contribution in [2.45, 2.75) is 72.6 Å². The Labute approximate surface area is 241 Å². The van der Waals surface area contributed by atoms with Gasteiger partial charge in [0.25, 0.3) is 0 Å². The Bertz CT molecular complexity index is 1250. The summed E-state index contributed by atoms with van der Waals surface area (Å²) in [5, 5.41) is 0. The molecule has 3 rings (SSSR count). The van der Waals surface area contributed by atoms with Crippen molar-refractivity contribution >= 4 is 5.97 Å². The minimum absolute atomic E-state index is 0.226. The van der Waals surface area contributed by atoms with Crippen LogP contribution in [0.3, 0.4) is 0 Å². The van der Waals surface area contributed by atoms with Crippen LogP contribution in [0.1, 0.15) is 75.6 Å². The SMILES string of the molecule is CCOC(=O)C(CC(C)C)c1cc(CN(CCC(C)C)Cc2ccc(F)cc2)cc(-c2ccc(C(F)(F)F)cc2)c1. The van der Waals surface area contributed by atoms with Gasteiger partial charge in [0.1, 0.15) is 5.82 Å². The summed E-state index contributed by atoms with van der Waals surface area (Å²) in [4.78, 5) is 15.4. The molecule has 1 unspecified atom stereocenters. The lowest BCUT2D eigenvalue weighted by molar-refractivity contribution is -0.145. The van der Waals surface area contributed by atoms with Crippen molar-refractivity contribution in [2.75, 3.05) is 13.2 Å². The van der Waals surface area contributed by atoms with Crippen LogP contribution in [0.4, 0.5) is 17.6 Å². The highest BCUT2D eigenvalue weighted by Gasteiger charge is 2.30. The molecule has 0 saturated heterocycles. The summed E-state index contributed by atoms with van der Waals surface area (Å²) in [5.41, 5.74) is 3.39. The van der Waals surface area contributed by atoms with Crippen molar-refractivity contribution in [3.05, 3.63) is 94.8 Å². The first-order chi connectivity index (χ1) is 19.3. The fourth-order valence-electron chi connectivity index (χ4n) is 4.87. The van der Waals surface area contributed by atoms with Gasteiger partial charge >= 0.3 is 12.1 Å². The fraction of sp³-hybridized carbons (Fsp3) is 0.441. The van der Waals surface area contributed by atoms with Gasteiger partial charge in [-0.05, 0) is 96.3 Å². The van der Waals surface area contributed by atoms with Crippen LogP contribution in [0.25, 0.3) is 11.1 Å². The number of carbonyl (C=O) groups is 1. The predicted octanol–water partition coefficient (Wildman–Crippen LogP) is 9.25. The largest absolute Gasteiger partial charge is 0.466 e. The predicted molar refractivity (Wildman–Crippen MR) is 156 cm³/mol. The lowest BCUT2D eigenvalue weighted by Gasteiger charge is -2.25. The third-order valence-corrected chi connectivity index (χ3v) is 6.99. The van der Waals surface area contributed by atoms with E-state index in [1.54, 1.807) is 19.1 Å². The molecule has 0 amide bonds. The third-order valence-electron chi connectivity index (χ3n) is 6.99. The van der Waals surface area contributed by atoms with E-state index in [2.05, 4.69) is 18.7 Å². The summed E-state index contributed by atoms with van der Waals surface area (Å²) in [6.45, 7) is 12.4. The second-order valence-electron chi connectivity index (χ2n) is 11.5. The van der Waals surface area contributed by atoms with Gasteiger partial charge in [-0.15, -0.1) is 0 Å². The van der Waals surface area contributed by atoms with E-state index in [1.165, 1.54) is 24.3 Å². The highest BCUT2D eigenvalue weighted by atomic mass is 19.4. The Morgan fingerprint density at radius 3 is 2.02 bits per heavy atom. The zero-order valence-corrected chi connectivity index (χ0v) is 24.6. The summed E-state index contributed by atoms with van der Waals surface area (Å²) in [6, 6.07) is 17.5. The van der Waals surface area contributed by atoms with Crippen LogP contribution in [0.5, 0.6) is 0 Å². The molecular weight excluding hydrogens is 530 g/mol. The van der Waals surface area contributed by atoms with Crippen molar-refractivity contribution < 1.29 is 27.1 Å². The molecule has 0 saturated carbocycles. The van der Waals surface area contributed by atoms with E-state index in [1.807, 2.05) is 32.0 Å². The van der Waals surface area contributed by atoms with Gasteiger partial charge in [-0.2, -0.15) is 13.2 Å². The number of benzene rings is 3. The molecule has 3 aromatic carbocycles. The Hall–Kier alpha value is -3.19. The molecule has 1 atom stereocenters. The summed E-state index contributed by atoms with van der Waals surface area (Å²) in [7, 11) is 0. The van der Waals surface area contributed by atoms with Gasteiger partial charge in [0.15, 0.2) is 0 Å². The van der Waals surface area contributed by atoms with Crippen molar-refractivity contribution in [2.24, 2.45) is 11.8 Å². The molecule has 0 aliphatic carbocycles. The standard InChI is InChI=1S/C34H41F4NO2/c1-6-41-33(40)32(17-24(4)5)29-19-26(18-28(20-29)27-9-11-30(12-10-27)34(36,37)38)22-39(16-15-23(2)3)21-25-7-13-31(35)14-8-25/h7-14,18-20,23-24,32H,6,15-17,21-22H2,1-5H3. The van der Waals surface area contributed by atoms with Gasteiger partial charge in [0.05, 0.1) is 18.1 Å². The van der Waals surface area contributed by atoms with E-state index in [0.29, 0.717) is 31.0 Å². The Balaban J connectivity index is 2.06. The topological polar surface area (TPSA) is 29.5 Å². The summed E-state index contributed by atoms with van der Waals surface area (Å²) in [5.74, 6) is -0.377. The van der Waals surface area contributed by atoms with Crippen LogP contribution < -0.4 is 0 Å². The maximum atomic E-state index is 13.5. The third kappa shape index (κ3) is 9.99. The highest BCUT2D eigenvalue weighted by Crippen LogP contribution is 2.34. The fourth-order valence-corrected chi connectivity index (χ4v) is 4.87. The zero-order valence-electron chi connectivity index (χ0n) is 24.6.